The molecule has 0 aliphatic heterocycles. The molecule has 11 heteroatoms. The second kappa shape index (κ2) is 13.9. The van der Waals surface area contributed by atoms with Gasteiger partial charge in [0, 0.05) is 38.7 Å². The largest absolute Gasteiger partial charge is 0.480 e. The highest BCUT2D eigenvalue weighted by molar-refractivity contribution is 7.98. The number of carbonyl (C=O) groups excluding carboxylic acids is 4. The molecule has 0 saturated heterocycles. The number of rotatable bonds is 12. The predicted octanol–water partition coefficient (Wildman–Crippen LogP) is 2.51. The first-order valence-corrected chi connectivity index (χ1v) is 12.0. The Kier molecular flexibility index (Phi) is 10.9. The van der Waals surface area contributed by atoms with Gasteiger partial charge < -0.3 is 24.6 Å². The lowest BCUT2D eigenvalue weighted by molar-refractivity contribution is -0.154. The van der Waals surface area contributed by atoms with Crippen LogP contribution in [-0.4, -0.2) is 52.8 Å². The topological polar surface area (TPSA) is 145 Å². The van der Waals surface area contributed by atoms with E-state index in [1.54, 1.807) is 0 Å². The van der Waals surface area contributed by atoms with Crippen LogP contribution in [0.3, 0.4) is 0 Å². The van der Waals surface area contributed by atoms with Gasteiger partial charge in [0.1, 0.15) is 6.04 Å². The third kappa shape index (κ3) is 9.79. The molecule has 192 valence electrons. The SMILES string of the molecule is CC(=O)Oc1ccc(CC(OC(C)=O)C(=O)NC(CSCc2ccccc2)C(=O)O)cc1OC(C)=O. The van der Waals surface area contributed by atoms with Gasteiger partial charge in [-0.15, -0.1) is 0 Å². The summed E-state index contributed by atoms with van der Waals surface area (Å²) in [7, 11) is 0. The van der Waals surface area contributed by atoms with E-state index in [4.69, 9.17) is 14.2 Å². The first kappa shape index (κ1) is 28.4. The molecule has 2 rings (SSSR count). The third-order valence-corrected chi connectivity index (χ3v) is 5.65. The van der Waals surface area contributed by atoms with E-state index in [2.05, 4.69) is 5.32 Å². The van der Waals surface area contributed by atoms with Crippen LogP contribution in [0.5, 0.6) is 11.5 Å². The van der Waals surface area contributed by atoms with Crippen LogP contribution in [0.25, 0.3) is 0 Å². The van der Waals surface area contributed by atoms with Gasteiger partial charge in [-0.1, -0.05) is 36.4 Å². The minimum absolute atomic E-state index is 0.00341. The summed E-state index contributed by atoms with van der Waals surface area (Å²) in [6.45, 7) is 3.48. The first-order chi connectivity index (χ1) is 17.0. The van der Waals surface area contributed by atoms with Crippen LogP contribution in [0.2, 0.25) is 0 Å². The van der Waals surface area contributed by atoms with Crippen molar-refractivity contribution < 1.29 is 43.3 Å². The molecule has 2 N–H and O–H groups in total. The van der Waals surface area contributed by atoms with Crippen molar-refractivity contribution in [3.63, 3.8) is 0 Å². The molecule has 0 spiro atoms. The summed E-state index contributed by atoms with van der Waals surface area (Å²) in [4.78, 5) is 59.0. The normalized spacial score (nSPS) is 12.1. The third-order valence-electron chi connectivity index (χ3n) is 4.55. The summed E-state index contributed by atoms with van der Waals surface area (Å²) in [5.74, 6) is -3.46. The molecular weight excluding hydrogens is 490 g/mol. The molecule has 0 aliphatic rings. The number of aliphatic carboxylic acids is 1. The number of carbonyl (C=O) groups is 5. The van der Waals surface area contributed by atoms with Crippen molar-refractivity contribution in [2.75, 3.05) is 5.75 Å². The Balaban J connectivity index is 2.14. The van der Waals surface area contributed by atoms with Crippen molar-refractivity contribution in [1.82, 2.24) is 5.32 Å². The van der Waals surface area contributed by atoms with Gasteiger partial charge in [-0.3, -0.25) is 19.2 Å². The van der Waals surface area contributed by atoms with Crippen molar-refractivity contribution in [1.29, 1.82) is 0 Å². The number of benzene rings is 2. The van der Waals surface area contributed by atoms with Crippen molar-refractivity contribution >= 4 is 41.5 Å². The van der Waals surface area contributed by atoms with E-state index in [1.165, 1.54) is 43.8 Å². The molecular formula is C25H27NO9S. The van der Waals surface area contributed by atoms with E-state index >= 15 is 0 Å². The number of nitrogens with one attached hydrogen (secondary N) is 1. The lowest BCUT2D eigenvalue weighted by atomic mass is 10.1. The van der Waals surface area contributed by atoms with E-state index < -0.39 is 41.9 Å². The lowest BCUT2D eigenvalue weighted by Gasteiger charge is -2.21. The maximum Gasteiger partial charge on any atom is 0.327 e. The minimum atomic E-state index is -1.35. The van der Waals surface area contributed by atoms with E-state index in [9.17, 15) is 29.1 Å². The molecule has 0 fully saturated rings. The Morgan fingerprint density at radius 3 is 2.08 bits per heavy atom. The van der Waals surface area contributed by atoms with Gasteiger partial charge in [0.15, 0.2) is 17.6 Å². The second-order valence-electron chi connectivity index (χ2n) is 7.67. The predicted molar refractivity (Wildman–Crippen MR) is 130 cm³/mol. The standard InChI is InChI=1S/C25H27NO9S/c1-15(27)33-21-10-9-19(11-22(21)34-16(2)28)12-23(35-17(3)29)24(30)26-20(25(31)32)14-36-13-18-7-5-4-6-8-18/h4-11,20,23H,12-14H2,1-3H3,(H,26,30)(H,31,32). The molecule has 2 aromatic rings. The van der Waals surface area contributed by atoms with Gasteiger partial charge in [-0.2, -0.15) is 11.8 Å². The van der Waals surface area contributed by atoms with Crippen LogP contribution in [0.15, 0.2) is 48.5 Å². The van der Waals surface area contributed by atoms with E-state index in [0.29, 0.717) is 11.3 Å². The zero-order valence-electron chi connectivity index (χ0n) is 20.0. The molecule has 2 aromatic carbocycles. The average molecular weight is 518 g/mol. The molecule has 36 heavy (non-hydrogen) atoms. The van der Waals surface area contributed by atoms with Crippen molar-refractivity contribution in [2.24, 2.45) is 0 Å². The van der Waals surface area contributed by atoms with Crippen LogP contribution in [0, 0.1) is 0 Å². The van der Waals surface area contributed by atoms with Gasteiger partial charge in [-0.25, -0.2) is 4.79 Å². The highest BCUT2D eigenvalue weighted by atomic mass is 32.2. The smallest absolute Gasteiger partial charge is 0.327 e. The van der Waals surface area contributed by atoms with Gasteiger partial charge >= 0.3 is 23.9 Å². The molecule has 0 heterocycles. The van der Waals surface area contributed by atoms with Crippen LogP contribution in [-0.2, 0) is 40.9 Å². The Hall–Kier alpha value is -3.86. The van der Waals surface area contributed by atoms with Crippen LogP contribution in [0.4, 0.5) is 0 Å². The fourth-order valence-electron chi connectivity index (χ4n) is 3.06. The average Bonchev–Trinajstić information content (AvgIpc) is 2.79. The molecule has 0 aliphatic carbocycles. The zero-order valence-corrected chi connectivity index (χ0v) is 20.8. The molecule has 2 atom stereocenters. The molecule has 0 saturated carbocycles. The highest BCUT2D eigenvalue weighted by Gasteiger charge is 2.28. The monoisotopic (exact) mass is 517 g/mol. The van der Waals surface area contributed by atoms with E-state index in [1.807, 2.05) is 30.3 Å². The summed E-state index contributed by atoms with van der Waals surface area (Å²) in [6.07, 6.45) is -1.50. The van der Waals surface area contributed by atoms with Gasteiger partial charge in [0.25, 0.3) is 5.91 Å². The molecule has 1 amide bonds. The maximum atomic E-state index is 12.9. The second-order valence-corrected chi connectivity index (χ2v) is 8.70. The fraction of sp³-hybridized carbons (Fsp3) is 0.320. The number of ether oxygens (including phenoxy) is 3. The number of hydrogen-bond acceptors (Lipinski definition) is 9. The summed E-state index contributed by atoms with van der Waals surface area (Å²) in [5, 5.41) is 12.0. The molecule has 0 radical (unpaired) electrons. The number of carboxylic acid groups (broad SMARTS) is 1. The Morgan fingerprint density at radius 1 is 0.861 bits per heavy atom. The van der Waals surface area contributed by atoms with Gasteiger partial charge in [0.05, 0.1) is 0 Å². The molecule has 2 unspecified atom stereocenters. The van der Waals surface area contributed by atoms with Crippen LogP contribution in [0.1, 0.15) is 31.9 Å². The zero-order chi connectivity index (χ0) is 26.7. The summed E-state index contributed by atoms with van der Waals surface area (Å²) in [6, 6.07) is 12.5. The number of esters is 3. The Labute approximate surface area is 212 Å². The van der Waals surface area contributed by atoms with Crippen LogP contribution < -0.4 is 14.8 Å². The minimum Gasteiger partial charge on any atom is -0.480 e. The van der Waals surface area contributed by atoms with E-state index in [-0.39, 0.29) is 23.7 Å². The van der Waals surface area contributed by atoms with Crippen molar-refractivity contribution in [2.45, 2.75) is 45.1 Å². The molecule has 0 bridgehead atoms. The molecule has 0 aromatic heterocycles. The Morgan fingerprint density at radius 2 is 1.50 bits per heavy atom. The summed E-state index contributed by atoms with van der Waals surface area (Å²) < 4.78 is 15.2. The van der Waals surface area contributed by atoms with Crippen molar-refractivity contribution in [3.8, 4) is 11.5 Å². The van der Waals surface area contributed by atoms with Crippen LogP contribution >= 0.6 is 11.8 Å². The van der Waals surface area contributed by atoms with E-state index in [0.717, 1.165) is 12.5 Å². The fourth-order valence-corrected chi connectivity index (χ4v) is 4.07. The maximum absolute atomic E-state index is 12.9. The number of carboxylic acids is 1. The quantitative estimate of drug-likeness (QED) is 0.318. The summed E-state index contributed by atoms with van der Waals surface area (Å²) >= 11 is 1.34. The molecule has 10 nitrogen and oxygen atoms in total. The Bertz CT molecular complexity index is 1100. The number of hydrogen-bond donors (Lipinski definition) is 2. The van der Waals surface area contributed by atoms with Crippen molar-refractivity contribution in [3.05, 3.63) is 59.7 Å². The highest BCUT2D eigenvalue weighted by Crippen LogP contribution is 2.29. The number of amides is 1. The number of thioether (sulfide) groups is 1. The van der Waals surface area contributed by atoms with Gasteiger partial charge in [-0.05, 0) is 23.3 Å². The summed E-state index contributed by atoms with van der Waals surface area (Å²) in [5.41, 5.74) is 1.42. The first-order valence-electron chi connectivity index (χ1n) is 10.9. The van der Waals surface area contributed by atoms with Gasteiger partial charge in [0.2, 0.25) is 0 Å². The lowest BCUT2D eigenvalue weighted by Crippen LogP contribution is -2.48.